The molecule has 0 radical (unpaired) electrons. The predicted octanol–water partition coefficient (Wildman–Crippen LogP) is 9.91. The third kappa shape index (κ3) is 6.37. The largest absolute Gasteiger partial charge is 0.486 e. The highest BCUT2D eigenvalue weighted by molar-refractivity contribution is 5.65. The number of halogens is 4. The Morgan fingerprint density at radius 1 is 0.730 bits per heavy atom. The summed E-state index contributed by atoms with van der Waals surface area (Å²) in [6.45, 7) is 4.21. The SMILES string of the molecule is CCCCc1ccc(OCc2ccc(-c3ccc(C4CCC(CCC)CC4)c(F)c3F)cc2)c(F)c1F. The number of rotatable bonds is 10. The number of hydrogen-bond donors (Lipinski definition) is 0. The fourth-order valence-electron chi connectivity index (χ4n) is 5.46. The Morgan fingerprint density at radius 3 is 2.14 bits per heavy atom. The molecule has 3 aromatic rings. The topological polar surface area (TPSA) is 9.23 Å². The lowest BCUT2D eigenvalue weighted by molar-refractivity contribution is 0.284. The average Bonchev–Trinajstić information content (AvgIpc) is 2.92. The second kappa shape index (κ2) is 12.6. The number of aryl methyl sites for hydroxylation is 1. The van der Waals surface area contributed by atoms with Crippen molar-refractivity contribution < 1.29 is 22.3 Å². The molecule has 0 amide bonds. The molecule has 5 heteroatoms. The van der Waals surface area contributed by atoms with E-state index in [0.717, 1.165) is 38.5 Å². The Balaban J connectivity index is 1.41. The summed E-state index contributed by atoms with van der Waals surface area (Å²) in [5, 5.41) is 0. The normalized spacial score (nSPS) is 17.7. The summed E-state index contributed by atoms with van der Waals surface area (Å²) in [4.78, 5) is 0. The molecule has 0 atom stereocenters. The van der Waals surface area contributed by atoms with Crippen LogP contribution >= 0.6 is 0 Å². The van der Waals surface area contributed by atoms with Crippen LogP contribution in [0.5, 0.6) is 5.75 Å². The standard InChI is InChI=1S/C32H36F4O/c1-3-5-7-25-16-19-28(32(36)29(25)33)37-20-22-10-14-24(15-11-22)27-18-17-26(30(34)31(27)35)23-12-8-21(6-4-2)9-13-23/h10-11,14-19,21,23H,3-9,12-13,20H2,1-2H3. The second-order valence-corrected chi connectivity index (χ2v) is 10.3. The fraction of sp³-hybridized carbons (Fsp3) is 0.438. The van der Waals surface area contributed by atoms with Gasteiger partial charge in [-0.3, -0.25) is 0 Å². The third-order valence-corrected chi connectivity index (χ3v) is 7.68. The summed E-state index contributed by atoms with van der Waals surface area (Å²) in [6.07, 6.45) is 8.50. The molecule has 37 heavy (non-hydrogen) atoms. The maximum atomic E-state index is 15.1. The van der Waals surface area contributed by atoms with Crippen LogP contribution in [0.3, 0.4) is 0 Å². The van der Waals surface area contributed by atoms with Crippen LogP contribution in [0.15, 0.2) is 48.5 Å². The molecule has 0 saturated heterocycles. The molecule has 3 aromatic carbocycles. The molecule has 0 aliphatic heterocycles. The molecule has 0 N–H and O–H groups in total. The van der Waals surface area contributed by atoms with E-state index in [9.17, 15) is 8.78 Å². The number of benzene rings is 3. The van der Waals surface area contributed by atoms with E-state index in [0.29, 0.717) is 34.6 Å². The van der Waals surface area contributed by atoms with Crippen LogP contribution in [0.2, 0.25) is 0 Å². The molecule has 198 valence electrons. The first-order valence-corrected chi connectivity index (χ1v) is 13.6. The van der Waals surface area contributed by atoms with Gasteiger partial charge in [-0.1, -0.05) is 75.6 Å². The number of ether oxygens (including phenoxy) is 1. The minimum Gasteiger partial charge on any atom is -0.486 e. The lowest BCUT2D eigenvalue weighted by Crippen LogP contribution is -2.15. The van der Waals surface area contributed by atoms with E-state index in [1.807, 2.05) is 6.92 Å². The van der Waals surface area contributed by atoms with Crippen molar-refractivity contribution in [1.29, 1.82) is 0 Å². The van der Waals surface area contributed by atoms with E-state index in [1.54, 1.807) is 42.5 Å². The first kappa shape index (κ1) is 27.2. The molecule has 4 rings (SSSR count). The van der Waals surface area contributed by atoms with Gasteiger partial charge in [0.05, 0.1) is 0 Å². The van der Waals surface area contributed by atoms with Crippen LogP contribution < -0.4 is 4.74 Å². The van der Waals surface area contributed by atoms with E-state index in [2.05, 4.69) is 6.92 Å². The Bertz CT molecular complexity index is 1180. The average molecular weight is 513 g/mol. The van der Waals surface area contributed by atoms with Crippen LogP contribution in [-0.4, -0.2) is 0 Å². The van der Waals surface area contributed by atoms with Gasteiger partial charge in [0.15, 0.2) is 23.2 Å². The number of hydrogen-bond acceptors (Lipinski definition) is 1. The van der Waals surface area contributed by atoms with Crippen molar-refractivity contribution in [3.05, 3.63) is 88.5 Å². The lowest BCUT2D eigenvalue weighted by atomic mass is 9.77. The number of unbranched alkanes of at least 4 members (excludes halogenated alkanes) is 1. The summed E-state index contributed by atoms with van der Waals surface area (Å²) in [5.74, 6) is -2.78. The van der Waals surface area contributed by atoms with Gasteiger partial charge in [-0.05, 0) is 78.7 Å². The summed E-state index contributed by atoms with van der Waals surface area (Å²) < 4.78 is 64.4. The van der Waals surface area contributed by atoms with Crippen molar-refractivity contribution in [3.63, 3.8) is 0 Å². The molecule has 1 aliphatic carbocycles. The predicted molar refractivity (Wildman–Crippen MR) is 141 cm³/mol. The summed E-state index contributed by atoms with van der Waals surface area (Å²) in [7, 11) is 0. The molecule has 0 bridgehead atoms. The molecule has 0 heterocycles. The van der Waals surface area contributed by atoms with Crippen LogP contribution in [0, 0.1) is 29.2 Å². The van der Waals surface area contributed by atoms with Crippen LogP contribution in [0.4, 0.5) is 17.6 Å². The van der Waals surface area contributed by atoms with E-state index < -0.39 is 23.3 Å². The van der Waals surface area contributed by atoms with Crippen molar-refractivity contribution in [2.75, 3.05) is 0 Å². The van der Waals surface area contributed by atoms with Crippen LogP contribution in [-0.2, 0) is 13.0 Å². The molecule has 1 fully saturated rings. The van der Waals surface area contributed by atoms with Gasteiger partial charge in [0, 0.05) is 5.56 Å². The zero-order valence-electron chi connectivity index (χ0n) is 21.8. The zero-order chi connectivity index (χ0) is 26.4. The van der Waals surface area contributed by atoms with Gasteiger partial charge in [-0.2, -0.15) is 4.39 Å². The summed E-state index contributed by atoms with van der Waals surface area (Å²) in [6, 6.07) is 13.2. The summed E-state index contributed by atoms with van der Waals surface area (Å²) in [5.41, 5.74) is 2.30. The Morgan fingerprint density at radius 2 is 1.46 bits per heavy atom. The van der Waals surface area contributed by atoms with E-state index in [4.69, 9.17) is 4.74 Å². The van der Waals surface area contributed by atoms with Crippen molar-refractivity contribution in [1.82, 2.24) is 0 Å². The monoisotopic (exact) mass is 512 g/mol. The molecular formula is C32H36F4O. The molecule has 1 aliphatic rings. The van der Waals surface area contributed by atoms with Gasteiger partial charge in [0.25, 0.3) is 0 Å². The quantitative estimate of drug-likeness (QED) is 0.246. The molecule has 0 spiro atoms. The van der Waals surface area contributed by atoms with Gasteiger partial charge < -0.3 is 4.74 Å². The highest BCUT2D eigenvalue weighted by Gasteiger charge is 2.26. The van der Waals surface area contributed by atoms with Gasteiger partial charge in [-0.15, -0.1) is 0 Å². The lowest BCUT2D eigenvalue weighted by Gasteiger charge is -2.29. The first-order chi connectivity index (χ1) is 17.9. The zero-order valence-corrected chi connectivity index (χ0v) is 21.8. The molecule has 0 aromatic heterocycles. The fourth-order valence-corrected chi connectivity index (χ4v) is 5.46. The van der Waals surface area contributed by atoms with E-state index in [1.165, 1.54) is 18.9 Å². The van der Waals surface area contributed by atoms with Gasteiger partial charge in [0.1, 0.15) is 6.61 Å². The molecule has 1 nitrogen and oxygen atoms in total. The van der Waals surface area contributed by atoms with Crippen molar-refractivity contribution in [2.24, 2.45) is 5.92 Å². The van der Waals surface area contributed by atoms with E-state index >= 15 is 8.78 Å². The van der Waals surface area contributed by atoms with Gasteiger partial charge >= 0.3 is 0 Å². The molecular weight excluding hydrogens is 476 g/mol. The highest BCUT2D eigenvalue weighted by atomic mass is 19.2. The maximum absolute atomic E-state index is 15.1. The Kier molecular flexibility index (Phi) is 9.28. The minimum atomic E-state index is -0.985. The second-order valence-electron chi connectivity index (χ2n) is 10.3. The van der Waals surface area contributed by atoms with Gasteiger partial charge in [0.2, 0.25) is 5.82 Å². The van der Waals surface area contributed by atoms with Crippen molar-refractivity contribution in [3.8, 4) is 16.9 Å². The minimum absolute atomic E-state index is 0.0292. The van der Waals surface area contributed by atoms with Gasteiger partial charge in [-0.25, -0.2) is 13.2 Å². The highest BCUT2D eigenvalue weighted by Crippen LogP contribution is 2.40. The molecule has 0 unspecified atom stereocenters. The van der Waals surface area contributed by atoms with Crippen molar-refractivity contribution >= 4 is 0 Å². The maximum Gasteiger partial charge on any atom is 0.200 e. The van der Waals surface area contributed by atoms with E-state index in [-0.39, 0.29) is 23.8 Å². The first-order valence-electron chi connectivity index (χ1n) is 13.6. The van der Waals surface area contributed by atoms with Crippen molar-refractivity contribution in [2.45, 2.75) is 84.2 Å². The Labute approximate surface area is 217 Å². The smallest absolute Gasteiger partial charge is 0.200 e. The summed E-state index contributed by atoms with van der Waals surface area (Å²) >= 11 is 0. The molecule has 1 saturated carbocycles. The van der Waals surface area contributed by atoms with Crippen LogP contribution in [0.1, 0.15) is 87.8 Å². The third-order valence-electron chi connectivity index (χ3n) is 7.68. The van der Waals surface area contributed by atoms with Crippen LogP contribution in [0.25, 0.3) is 11.1 Å². The Hall–Kier alpha value is -2.82.